The second-order valence-electron chi connectivity index (χ2n) is 6.80. The van der Waals surface area contributed by atoms with Gasteiger partial charge in [-0.3, -0.25) is 5.10 Å². The molecule has 7 nitrogen and oxygen atoms in total. The lowest BCUT2D eigenvalue weighted by Crippen LogP contribution is -2.23. The number of aromatic nitrogens is 4. The van der Waals surface area contributed by atoms with Crippen molar-refractivity contribution in [3.63, 3.8) is 0 Å². The molecule has 0 saturated carbocycles. The van der Waals surface area contributed by atoms with Crippen LogP contribution in [0.5, 0.6) is 5.75 Å². The molecule has 1 atom stereocenters. The Kier molecular flexibility index (Phi) is 4.46. The average Bonchev–Trinajstić information content (AvgIpc) is 3.28. The van der Waals surface area contributed by atoms with Crippen molar-refractivity contribution in [1.82, 2.24) is 20.2 Å². The molecule has 0 radical (unpaired) electrons. The maximum atomic E-state index is 5.82. The summed E-state index contributed by atoms with van der Waals surface area (Å²) < 4.78 is 11.3. The minimum atomic E-state index is 0.123. The van der Waals surface area contributed by atoms with E-state index < -0.39 is 0 Å². The molecule has 1 aliphatic heterocycles. The summed E-state index contributed by atoms with van der Waals surface area (Å²) in [5, 5.41) is 8.53. The number of nitrogens with one attached hydrogen (secondary N) is 1. The summed E-state index contributed by atoms with van der Waals surface area (Å²) in [6.45, 7) is 5.81. The number of aromatic amines is 1. The van der Waals surface area contributed by atoms with Gasteiger partial charge < -0.3 is 14.4 Å². The summed E-state index contributed by atoms with van der Waals surface area (Å²) in [4.78, 5) is 11.1. The monoisotopic (exact) mass is 353 g/mol. The highest BCUT2D eigenvalue weighted by atomic mass is 16.5. The summed E-state index contributed by atoms with van der Waals surface area (Å²) in [6, 6.07) is 7.93. The van der Waals surface area contributed by atoms with Gasteiger partial charge in [-0.2, -0.15) is 5.10 Å². The zero-order valence-electron chi connectivity index (χ0n) is 15.3. The molecule has 0 spiro atoms. The summed E-state index contributed by atoms with van der Waals surface area (Å²) in [6.07, 6.45) is 2.99. The Morgan fingerprint density at radius 2 is 2.12 bits per heavy atom. The maximum Gasteiger partial charge on any atom is 0.132 e. The van der Waals surface area contributed by atoms with Crippen LogP contribution in [-0.4, -0.2) is 52.6 Å². The number of fused-ring (bicyclic) bond motifs is 1. The van der Waals surface area contributed by atoms with Crippen LogP contribution >= 0.6 is 0 Å². The molecule has 0 bridgehead atoms. The molecule has 4 rings (SSSR count). The zero-order valence-corrected chi connectivity index (χ0v) is 15.3. The Hall–Kier alpha value is -2.67. The lowest BCUT2D eigenvalue weighted by atomic mass is 10.1. The minimum Gasteiger partial charge on any atom is -0.491 e. The van der Waals surface area contributed by atoms with Crippen LogP contribution in [0.25, 0.3) is 22.3 Å². The summed E-state index contributed by atoms with van der Waals surface area (Å²) in [5.74, 6) is 1.73. The predicted molar refractivity (Wildman–Crippen MR) is 101 cm³/mol. The predicted octanol–water partition coefficient (Wildman–Crippen LogP) is 3.03. The van der Waals surface area contributed by atoms with Crippen LogP contribution in [0.2, 0.25) is 0 Å². The number of hydrogen-bond donors (Lipinski definition) is 1. The zero-order chi connectivity index (χ0) is 18.1. The van der Waals surface area contributed by atoms with Crippen molar-refractivity contribution in [2.75, 3.05) is 25.1 Å². The molecule has 7 heteroatoms. The van der Waals surface area contributed by atoms with Gasteiger partial charge in [-0.15, -0.1) is 0 Å². The molecule has 1 fully saturated rings. The molecule has 136 valence electrons. The van der Waals surface area contributed by atoms with Gasteiger partial charge in [0.25, 0.3) is 0 Å². The molecule has 2 aromatic heterocycles. The fraction of sp³-hybridized carbons (Fsp3) is 0.421. The normalized spacial score (nSPS) is 17.4. The summed E-state index contributed by atoms with van der Waals surface area (Å²) >= 11 is 0. The number of benzene rings is 1. The lowest BCUT2D eigenvalue weighted by Gasteiger charge is -2.17. The lowest BCUT2D eigenvalue weighted by molar-refractivity contribution is 0.121. The second-order valence-corrected chi connectivity index (χ2v) is 6.80. The van der Waals surface area contributed by atoms with E-state index in [0.29, 0.717) is 0 Å². The Bertz CT molecular complexity index is 908. The number of anilines is 1. The van der Waals surface area contributed by atoms with E-state index in [1.165, 1.54) is 0 Å². The Labute approximate surface area is 152 Å². The van der Waals surface area contributed by atoms with Gasteiger partial charge in [0.1, 0.15) is 23.6 Å². The van der Waals surface area contributed by atoms with Crippen LogP contribution in [0.1, 0.15) is 20.3 Å². The van der Waals surface area contributed by atoms with E-state index in [2.05, 4.69) is 25.1 Å². The highest BCUT2D eigenvalue weighted by Crippen LogP contribution is 2.30. The third kappa shape index (κ3) is 3.22. The van der Waals surface area contributed by atoms with E-state index >= 15 is 0 Å². The van der Waals surface area contributed by atoms with Gasteiger partial charge in [-0.05, 0) is 38.5 Å². The van der Waals surface area contributed by atoms with E-state index in [4.69, 9.17) is 9.47 Å². The van der Waals surface area contributed by atoms with Crippen molar-refractivity contribution in [3.05, 3.63) is 30.6 Å². The van der Waals surface area contributed by atoms with Crippen LogP contribution in [0.4, 0.5) is 5.82 Å². The van der Waals surface area contributed by atoms with E-state index in [9.17, 15) is 0 Å². The van der Waals surface area contributed by atoms with Gasteiger partial charge in [0.15, 0.2) is 0 Å². The molecule has 3 heterocycles. The van der Waals surface area contributed by atoms with Gasteiger partial charge in [0.05, 0.1) is 23.4 Å². The van der Waals surface area contributed by atoms with E-state index in [1.807, 2.05) is 38.1 Å². The van der Waals surface area contributed by atoms with Crippen molar-refractivity contribution in [1.29, 1.82) is 0 Å². The molecule has 1 aromatic carbocycles. The van der Waals surface area contributed by atoms with Gasteiger partial charge >= 0.3 is 0 Å². The molecular weight excluding hydrogens is 330 g/mol. The third-order valence-electron chi connectivity index (χ3n) is 4.60. The minimum absolute atomic E-state index is 0.123. The molecule has 1 aliphatic rings. The van der Waals surface area contributed by atoms with Crippen LogP contribution in [-0.2, 0) is 4.74 Å². The highest BCUT2D eigenvalue weighted by Gasteiger charge is 2.24. The van der Waals surface area contributed by atoms with Gasteiger partial charge in [0.2, 0.25) is 0 Å². The number of hydrogen-bond acceptors (Lipinski definition) is 6. The summed E-state index contributed by atoms with van der Waals surface area (Å²) in [7, 11) is 1.76. The molecule has 0 unspecified atom stereocenters. The molecular formula is C19H23N5O2. The third-order valence-corrected chi connectivity index (χ3v) is 4.60. The van der Waals surface area contributed by atoms with Crippen LogP contribution in [0, 0.1) is 0 Å². The second kappa shape index (κ2) is 6.92. The molecule has 1 N–H and O–H groups in total. The Morgan fingerprint density at radius 3 is 2.88 bits per heavy atom. The first-order chi connectivity index (χ1) is 12.6. The maximum absolute atomic E-state index is 5.82. The quantitative estimate of drug-likeness (QED) is 0.760. The SMILES string of the molecule is CO[C@@H]1CCN(c2cc(-c3n[nH]c4ccc(OC(C)C)cc34)ncn2)C1. The van der Waals surface area contributed by atoms with Gasteiger partial charge in [-0.1, -0.05) is 0 Å². The van der Waals surface area contributed by atoms with Gasteiger partial charge in [0, 0.05) is 31.7 Å². The first-order valence-electron chi connectivity index (χ1n) is 8.89. The van der Waals surface area contributed by atoms with Crippen molar-refractivity contribution in [2.45, 2.75) is 32.5 Å². The van der Waals surface area contributed by atoms with Crippen molar-refractivity contribution < 1.29 is 9.47 Å². The molecule has 3 aromatic rings. The van der Waals surface area contributed by atoms with Gasteiger partial charge in [-0.25, -0.2) is 9.97 Å². The van der Waals surface area contributed by atoms with Crippen molar-refractivity contribution in [2.24, 2.45) is 0 Å². The number of methoxy groups -OCH3 is 1. The van der Waals surface area contributed by atoms with Crippen LogP contribution < -0.4 is 9.64 Å². The molecule has 0 aliphatic carbocycles. The number of H-pyrrole nitrogens is 1. The molecule has 0 amide bonds. The fourth-order valence-electron chi connectivity index (χ4n) is 3.31. The standard InChI is InChI=1S/C19H23N5O2/c1-12(2)26-13-4-5-16-15(8-13)19(23-22-16)17-9-18(21-11-20-17)24-7-6-14(10-24)25-3/h4-5,8-9,11-12,14H,6-7,10H2,1-3H3,(H,22,23)/t14-/m1/s1. The van der Waals surface area contributed by atoms with E-state index in [1.54, 1.807) is 13.4 Å². The van der Waals surface area contributed by atoms with Crippen LogP contribution in [0.15, 0.2) is 30.6 Å². The number of ether oxygens (including phenoxy) is 2. The first kappa shape index (κ1) is 16.8. The Morgan fingerprint density at radius 1 is 1.23 bits per heavy atom. The summed E-state index contributed by atoms with van der Waals surface area (Å²) in [5.41, 5.74) is 2.56. The van der Waals surface area contributed by atoms with E-state index in [-0.39, 0.29) is 12.2 Å². The van der Waals surface area contributed by atoms with E-state index in [0.717, 1.165) is 53.4 Å². The smallest absolute Gasteiger partial charge is 0.132 e. The average molecular weight is 353 g/mol. The largest absolute Gasteiger partial charge is 0.491 e. The van der Waals surface area contributed by atoms with Crippen LogP contribution in [0.3, 0.4) is 0 Å². The number of nitrogens with zero attached hydrogens (tertiary/aromatic N) is 4. The fourth-order valence-corrected chi connectivity index (χ4v) is 3.31. The molecule has 26 heavy (non-hydrogen) atoms. The van der Waals surface area contributed by atoms with Crippen molar-refractivity contribution >= 4 is 16.7 Å². The topological polar surface area (TPSA) is 76.2 Å². The number of rotatable bonds is 5. The highest BCUT2D eigenvalue weighted by molar-refractivity contribution is 5.93. The molecule has 1 saturated heterocycles. The Balaban J connectivity index is 1.68. The first-order valence-corrected chi connectivity index (χ1v) is 8.89. The van der Waals surface area contributed by atoms with Crippen molar-refractivity contribution in [3.8, 4) is 17.1 Å².